The zero-order valence-corrected chi connectivity index (χ0v) is 24.2. The number of methoxy groups -OCH3 is 1. The van der Waals surface area contributed by atoms with Crippen molar-refractivity contribution in [2.75, 3.05) is 45.4 Å². The maximum atomic E-state index is 11.9. The number of aromatic nitrogens is 4. The minimum Gasteiger partial charge on any atom is -0.493 e. The molecule has 0 aliphatic carbocycles. The number of hydrogen-bond acceptors (Lipinski definition) is 9. The molecule has 0 radical (unpaired) electrons. The van der Waals surface area contributed by atoms with E-state index in [-0.39, 0.29) is 0 Å². The van der Waals surface area contributed by atoms with Gasteiger partial charge in [0.2, 0.25) is 0 Å². The maximum Gasteiger partial charge on any atom is 0.432 e. The first-order valence-corrected chi connectivity index (χ1v) is 13.8. The zero-order chi connectivity index (χ0) is 29.8. The second-order valence-corrected chi connectivity index (χ2v) is 10.3. The second-order valence-electron chi connectivity index (χ2n) is 10.3. The van der Waals surface area contributed by atoms with Gasteiger partial charge in [0.25, 0.3) is 0 Å². The fourth-order valence-corrected chi connectivity index (χ4v) is 4.81. The van der Waals surface area contributed by atoms with Gasteiger partial charge in [0.1, 0.15) is 12.4 Å². The summed E-state index contributed by atoms with van der Waals surface area (Å²) in [5.74, 6) is 2.20. The molecule has 42 heavy (non-hydrogen) atoms. The summed E-state index contributed by atoms with van der Waals surface area (Å²) in [6.07, 6.45) is 3.04. The quantitative estimate of drug-likeness (QED) is 0.167. The molecule has 0 saturated carbocycles. The van der Waals surface area contributed by atoms with Crippen molar-refractivity contribution in [2.45, 2.75) is 26.2 Å². The van der Waals surface area contributed by atoms with Gasteiger partial charge in [0.15, 0.2) is 17.3 Å². The van der Waals surface area contributed by atoms with E-state index in [4.69, 9.17) is 25.2 Å². The Balaban J connectivity index is 1.66. The van der Waals surface area contributed by atoms with E-state index in [0.29, 0.717) is 52.9 Å². The highest BCUT2D eigenvalue weighted by atomic mass is 16.5. The van der Waals surface area contributed by atoms with Crippen LogP contribution in [0.25, 0.3) is 33.2 Å². The third kappa shape index (κ3) is 6.06. The van der Waals surface area contributed by atoms with Crippen LogP contribution < -0.4 is 20.5 Å². The van der Waals surface area contributed by atoms with Crippen molar-refractivity contribution in [1.82, 2.24) is 24.6 Å². The molecule has 5 aromatic rings. The molecule has 0 fully saturated rings. The van der Waals surface area contributed by atoms with Crippen LogP contribution in [-0.4, -0.2) is 70.2 Å². The molecule has 0 spiro atoms. The van der Waals surface area contributed by atoms with Gasteiger partial charge >= 0.3 is 6.09 Å². The molecule has 2 aromatic heterocycles. The van der Waals surface area contributed by atoms with E-state index in [9.17, 15) is 9.90 Å². The highest BCUT2D eigenvalue weighted by molar-refractivity contribution is 5.97. The van der Waals surface area contributed by atoms with Crippen LogP contribution in [0.2, 0.25) is 0 Å². The number of rotatable bonds is 11. The van der Waals surface area contributed by atoms with Crippen molar-refractivity contribution in [3.8, 4) is 22.9 Å². The van der Waals surface area contributed by atoms with Crippen LogP contribution in [0.15, 0.2) is 54.7 Å². The molecule has 4 N–H and O–H groups in total. The molecule has 11 nitrogen and oxygen atoms in total. The molecule has 0 amide bonds. The van der Waals surface area contributed by atoms with E-state index < -0.39 is 6.09 Å². The Labute approximate surface area is 243 Å². The van der Waals surface area contributed by atoms with Crippen molar-refractivity contribution >= 4 is 45.1 Å². The molecule has 3 aromatic carbocycles. The van der Waals surface area contributed by atoms with Crippen molar-refractivity contribution < 1.29 is 19.4 Å². The Morgan fingerprint density at radius 2 is 1.95 bits per heavy atom. The van der Waals surface area contributed by atoms with Gasteiger partial charge in [-0.15, -0.1) is 0 Å². The first kappa shape index (κ1) is 28.6. The molecule has 11 heteroatoms. The van der Waals surface area contributed by atoms with Crippen molar-refractivity contribution in [3.05, 3.63) is 60.3 Å². The van der Waals surface area contributed by atoms with Gasteiger partial charge in [-0.3, -0.25) is 0 Å². The van der Waals surface area contributed by atoms with Gasteiger partial charge in [-0.05, 0) is 62.8 Å². The fraction of sp³-hybridized carbons (Fsp3) is 0.290. The third-order valence-electron chi connectivity index (χ3n) is 6.91. The fourth-order valence-electron chi connectivity index (χ4n) is 4.81. The molecule has 0 atom stereocenters. The standard InChI is InChI=1S/C31H35N7O4/c1-5-6-8-19-14-23(15-21-18-33-38(28(19)21)31(39)40)34-30-24-16-27(42-12-11-37(2)3)26(41-4)17-25(24)35-29(36-30)20-9-7-10-22(32)13-20/h7,9-10,13-18H,5-6,8,11-12,32H2,1-4H3,(H,39,40)(H,34,35,36). The Morgan fingerprint density at radius 1 is 1.12 bits per heavy atom. The summed E-state index contributed by atoms with van der Waals surface area (Å²) in [5.41, 5.74) is 10.3. The van der Waals surface area contributed by atoms with Crippen LogP contribution >= 0.6 is 0 Å². The van der Waals surface area contributed by atoms with Gasteiger partial charge in [-0.2, -0.15) is 9.78 Å². The van der Waals surface area contributed by atoms with Crippen LogP contribution in [0.5, 0.6) is 11.5 Å². The number of unbranched alkanes of at least 4 members (excludes halogenated alkanes) is 1. The van der Waals surface area contributed by atoms with Gasteiger partial charge < -0.3 is 30.5 Å². The lowest BCUT2D eigenvalue weighted by atomic mass is 10.0. The van der Waals surface area contributed by atoms with E-state index in [2.05, 4.69) is 17.3 Å². The molecular weight excluding hydrogens is 534 g/mol. The number of nitrogens with two attached hydrogens (primary N) is 1. The molecule has 5 rings (SSSR count). The SMILES string of the molecule is CCCCc1cc(Nc2nc(-c3cccc(N)c3)nc3cc(OC)c(OCCN(C)C)cc23)cc2cnn(C(=O)O)c12. The molecule has 2 heterocycles. The van der Waals surface area contributed by atoms with Crippen LogP contribution in [0.1, 0.15) is 25.3 Å². The van der Waals surface area contributed by atoms with Crippen molar-refractivity contribution in [1.29, 1.82) is 0 Å². The topological polar surface area (TPSA) is 141 Å². The zero-order valence-electron chi connectivity index (χ0n) is 24.2. The number of ether oxygens (including phenoxy) is 2. The van der Waals surface area contributed by atoms with E-state index in [1.807, 2.05) is 67.5 Å². The number of carboxylic acid groups (broad SMARTS) is 1. The predicted molar refractivity (Wildman–Crippen MR) is 165 cm³/mol. The summed E-state index contributed by atoms with van der Waals surface area (Å²) < 4.78 is 12.8. The molecule has 218 valence electrons. The smallest absolute Gasteiger partial charge is 0.432 e. The summed E-state index contributed by atoms with van der Waals surface area (Å²) in [6.45, 7) is 3.32. The lowest BCUT2D eigenvalue weighted by Crippen LogP contribution is -2.19. The average molecular weight is 570 g/mol. The lowest BCUT2D eigenvalue weighted by molar-refractivity contribution is 0.194. The monoisotopic (exact) mass is 569 g/mol. The van der Waals surface area contributed by atoms with Gasteiger partial charge in [-0.25, -0.2) is 14.8 Å². The number of anilines is 3. The number of carbonyl (C=O) groups is 1. The molecule has 0 bridgehead atoms. The number of fused-ring (bicyclic) bond motifs is 2. The Morgan fingerprint density at radius 3 is 2.67 bits per heavy atom. The predicted octanol–water partition coefficient (Wildman–Crippen LogP) is 5.79. The Kier molecular flexibility index (Phi) is 8.39. The molecule has 0 saturated heterocycles. The minimum absolute atomic E-state index is 0.477. The number of nitrogens with zero attached hydrogens (tertiary/aromatic N) is 5. The van der Waals surface area contributed by atoms with Gasteiger partial charge in [0, 0.05) is 40.3 Å². The van der Waals surface area contributed by atoms with Crippen molar-refractivity contribution in [3.63, 3.8) is 0 Å². The first-order valence-electron chi connectivity index (χ1n) is 13.8. The summed E-state index contributed by atoms with van der Waals surface area (Å²) >= 11 is 0. The summed E-state index contributed by atoms with van der Waals surface area (Å²) in [5, 5.41) is 18.8. The van der Waals surface area contributed by atoms with Crippen molar-refractivity contribution in [2.24, 2.45) is 0 Å². The summed E-state index contributed by atoms with van der Waals surface area (Å²) in [7, 11) is 5.57. The first-order chi connectivity index (χ1) is 20.3. The maximum absolute atomic E-state index is 11.9. The van der Waals surface area contributed by atoms with Crippen LogP contribution in [0.3, 0.4) is 0 Å². The van der Waals surface area contributed by atoms with Crippen LogP contribution in [0.4, 0.5) is 22.0 Å². The largest absolute Gasteiger partial charge is 0.493 e. The Bertz CT molecular complexity index is 1750. The van der Waals surface area contributed by atoms with Crippen LogP contribution in [-0.2, 0) is 6.42 Å². The normalized spacial score (nSPS) is 11.4. The Hall–Kier alpha value is -4.90. The summed E-state index contributed by atoms with van der Waals surface area (Å²) in [6, 6.07) is 15.0. The lowest BCUT2D eigenvalue weighted by Gasteiger charge is -2.17. The number of likely N-dealkylation sites (N-methyl/N-ethyl adjacent to an activating group) is 1. The molecular formula is C31H35N7O4. The molecule has 0 aliphatic heterocycles. The van der Waals surface area contributed by atoms with E-state index >= 15 is 0 Å². The van der Waals surface area contributed by atoms with Crippen LogP contribution in [0, 0.1) is 0 Å². The second kappa shape index (κ2) is 12.3. The minimum atomic E-state index is -1.12. The summed E-state index contributed by atoms with van der Waals surface area (Å²) in [4.78, 5) is 23.7. The molecule has 0 aliphatic rings. The highest BCUT2D eigenvalue weighted by Gasteiger charge is 2.18. The van der Waals surface area contributed by atoms with Gasteiger partial charge in [-0.1, -0.05) is 25.5 Å². The number of aryl methyl sites for hydroxylation is 1. The highest BCUT2D eigenvalue weighted by Crippen LogP contribution is 2.37. The van der Waals surface area contributed by atoms with Gasteiger partial charge in [0.05, 0.1) is 24.3 Å². The molecule has 0 unspecified atom stereocenters. The van der Waals surface area contributed by atoms with E-state index in [1.165, 1.54) is 0 Å². The number of nitrogen functional groups attached to an aromatic ring is 1. The number of benzene rings is 3. The number of hydrogen-bond donors (Lipinski definition) is 3. The number of nitrogens with one attached hydrogen (secondary N) is 1. The van der Waals surface area contributed by atoms with E-state index in [0.717, 1.165) is 51.7 Å². The third-order valence-corrected chi connectivity index (χ3v) is 6.91. The average Bonchev–Trinajstić information content (AvgIpc) is 3.40. The van der Waals surface area contributed by atoms with E-state index in [1.54, 1.807) is 13.3 Å².